The lowest BCUT2D eigenvalue weighted by molar-refractivity contribution is 0.514. The van der Waals surface area contributed by atoms with E-state index in [9.17, 15) is 0 Å². The molecule has 1 aliphatic rings. The van der Waals surface area contributed by atoms with Gasteiger partial charge in [-0.1, -0.05) is 18.5 Å². The molecule has 0 aliphatic carbocycles. The highest BCUT2D eigenvalue weighted by Crippen LogP contribution is 2.36. The summed E-state index contributed by atoms with van der Waals surface area (Å²) in [4.78, 5) is 11.1. The SMILES string of the molecule is CCCNc1ncc(Cl)c(N2CCCC2(C)C)n1. The third kappa shape index (κ3) is 2.69. The van der Waals surface area contributed by atoms with Crippen molar-refractivity contribution in [2.75, 3.05) is 23.3 Å². The third-order valence-electron chi connectivity index (χ3n) is 3.42. The van der Waals surface area contributed by atoms with E-state index < -0.39 is 0 Å². The van der Waals surface area contributed by atoms with Crippen molar-refractivity contribution in [3.8, 4) is 0 Å². The van der Waals surface area contributed by atoms with Crippen molar-refractivity contribution in [1.29, 1.82) is 0 Å². The average Bonchev–Trinajstić information content (AvgIpc) is 2.68. The Labute approximate surface area is 114 Å². The molecule has 4 nitrogen and oxygen atoms in total. The number of nitrogens with one attached hydrogen (secondary N) is 1. The Hall–Kier alpha value is -1.03. The maximum absolute atomic E-state index is 6.24. The van der Waals surface area contributed by atoms with Crippen molar-refractivity contribution in [1.82, 2.24) is 9.97 Å². The number of rotatable bonds is 4. The zero-order valence-electron chi connectivity index (χ0n) is 11.3. The van der Waals surface area contributed by atoms with Crippen LogP contribution in [0.5, 0.6) is 0 Å². The minimum absolute atomic E-state index is 0.125. The van der Waals surface area contributed by atoms with Crippen LogP contribution in [0.3, 0.4) is 0 Å². The summed E-state index contributed by atoms with van der Waals surface area (Å²) in [6.07, 6.45) is 5.10. The van der Waals surface area contributed by atoms with E-state index in [0.29, 0.717) is 11.0 Å². The van der Waals surface area contributed by atoms with Crippen LogP contribution in [0.25, 0.3) is 0 Å². The molecule has 1 aliphatic heterocycles. The van der Waals surface area contributed by atoms with E-state index in [-0.39, 0.29) is 5.54 Å². The Morgan fingerprint density at radius 2 is 2.28 bits per heavy atom. The summed E-state index contributed by atoms with van der Waals surface area (Å²) in [5.74, 6) is 1.52. The van der Waals surface area contributed by atoms with Gasteiger partial charge in [-0.3, -0.25) is 0 Å². The molecule has 0 amide bonds. The summed E-state index contributed by atoms with van der Waals surface area (Å²) < 4.78 is 0. The van der Waals surface area contributed by atoms with Crippen LogP contribution in [0.4, 0.5) is 11.8 Å². The van der Waals surface area contributed by atoms with Gasteiger partial charge in [0.1, 0.15) is 5.02 Å². The Balaban J connectivity index is 2.26. The number of halogens is 1. The van der Waals surface area contributed by atoms with E-state index in [0.717, 1.165) is 25.3 Å². The van der Waals surface area contributed by atoms with Gasteiger partial charge in [0, 0.05) is 18.6 Å². The molecule has 0 saturated carbocycles. The number of aromatic nitrogens is 2. The summed E-state index contributed by atoms with van der Waals surface area (Å²) in [5.41, 5.74) is 0.125. The standard InChI is InChI=1S/C13H21ClN4/c1-4-7-15-12-16-9-10(14)11(17-12)18-8-5-6-13(18,2)3/h9H,4-8H2,1-3H3,(H,15,16,17). The average molecular weight is 269 g/mol. The quantitative estimate of drug-likeness (QED) is 0.909. The zero-order chi connectivity index (χ0) is 13.2. The van der Waals surface area contributed by atoms with E-state index in [4.69, 9.17) is 11.6 Å². The molecule has 2 rings (SSSR count). The molecular formula is C13H21ClN4. The summed E-state index contributed by atoms with van der Waals surface area (Å²) >= 11 is 6.24. The molecule has 1 aromatic rings. The second kappa shape index (κ2) is 5.31. The Kier molecular flexibility index (Phi) is 3.95. The molecule has 100 valence electrons. The maximum Gasteiger partial charge on any atom is 0.224 e. The van der Waals surface area contributed by atoms with Crippen LogP contribution in [0.1, 0.15) is 40.0 Å². The van der Waals surface area contributed by atoms with Crippen LogP contribution in [0, 0.1) is 0 Å². The lowest BCUT2D eigenvalue weighted by Gasteiger charge is -2.33. The van der Waals surface area contributed by atoms with Gasteiger partial charge < -0.3 is 10.2 Å². The molecule has 0 aromatic carbocycles. The number of hydrogen-bond donors (Lipinski definition) is 1. The molecule has 18 heavy (non-hydrogen) atoms. The molecule has 1 N–H and O–H groups in total. The zero-order valence-corrected chi connectivity index (χ0v) is 12.1. The van der Waals surface area contributed by atoms with E-state index in [1.54, 1.807) is 6.20 Å². The van der Waals surface area contributed by atoms with Gasteiger partial charge in [0.05, 0.1) is 6.20 Å². The predicted octanol–water partition coefficient (Wildman–Crippen LogP) is 3.33. The fourth-order valence-electron chi connectivity index (χ4n) is 2.37. The molecule has 1 saturated heterocycles. The van der Waals surface area contributed by atoms with E-state index >= 15 is 0 Å². The highest BCUT2D eigenvalue weighted by atomic mass is 35.5. The van der Waals surface area contributed by atoms with Crippen molar-refractivity contribution >= 4 is 23.4 Å². The maximum atomic E-state index is 6.24. The van der Waals surface area contributed by atoms with Crippen LogP contribution in [-0.2, 0) is 0 Å². The molecule has 0 unspecified atom stereocenters. The van der Waals surface area contributed by atoms with Gasteiger partial charge >= 0.3 is 0 Å². The molecule has 1 fully saturated rings. The van der Waals surface area contributed by atoms with Crippen molar-refractivity contribution < 1.29 is 0 Å². The molecule has 0 bridgehead atoms. The highest BCUT2D eigenvalue weighted by molar-refractivity contribution is 6.32. The smallest absolute Gasteiger partial charge is 0.224 e. The van der Waals surface area contributed by atoms with Gasteiger partial charge in [0.15, 0.2) is 5.82 Å². The summed E-state index contributed by atoms with van der Waals surface area (Å²) in [6, 6.07) is 0. The lowest BCUT2D eigenvalue weighted by Crippen LogP contribution is -2.39. The van der Waals surface area contributed by atoms with Crippen molar-refractivity contribution in [2.45, 2.75) is 45.6 Å². The molecule has 2 heterocycles. The van der Waals surface area contributed by atoms with Crippen LogP contribution in [0.15, 0.2) is 6.20 Å². The minimum Gasteiger partial charge on any atom is -0.354 e. The Morgan fingerprint density at radius 1 is 1.50 bits per heavy atom. The first-order valence-corrected chi connectivity index (χ1v) is 6.96. The first-order valence-electron chi connectivity index (χ1n) is 6.58. The Bertz CT molecular complexity index is 419. The molecule has 0 spiro atoms. The van der Waals surface area contributed by atoms with Crippen LogP contribution < -0.4 is 10.2 Å². The largest absolute Gasteiger partial charge is 0.354 e. The second-order valence-electron chi connectivity index (χ2n) is 5.36. The third-order valence-corrected chi connectivity index (χ3v) is 3.68. The van der Waals surface area contributed by atoms with E-state index in [2.05, 4.69) is 41.0 Å². The fraction of sp³-hybridized carbons (Fsp3) is 0.692. The van der Waals surface area contributed by atoms with Crippen molar-refractivity contribution in [2.24, 2.45) is 0 Å². The van der Waals surface area contributed by atoms with Gasteiger partial charge in [-0.25, -0.2) is 4.98 Å². The molecule has 5 heteroatoms. The number of anilines is 2. The molecule has 0 atom stereocenters. The molecular weight excluding hydrogens is 248 g/mol. The van der Waals surface area contributed by atoms with Gasteiger partial charge in [-0.15, -0.1) is 0 Å². The van der Waals surface area contributed by atoms with Gasteiger partial charge in [-0.05, 0) is 33.1 Å². The van der Waals surface area contributed by atoms with Gasteiger partial charge in [0.25, 0.3) is 0 Å². The number of hydrogen-bond acceptors (Lipinski definition) is 4. The highest BCUT2D eigenvalue weighted by Gasteiger charge is 2.34. The molecule has 1 aromatic heterocycles. The van der Waals surface area contributed by atoms with Crippen LogP contribution in [-0.4, -0.2) is 28.6 Å². The summed E-state index contributed by atoms with van der Waals surface area (Å²) in [6.45, 7) is 8.48. The second-order valence-corrected chi connectivity index (χ2v) is 5.77. The fourth-order valence-corrected chi connectivity index (χ4v) is 2.56. The minimum atomic E-state index is 0.125. The molecule has 0 radical (unpaired) electrons. The van der Waals surface area contributed by atoms with Gasteiger partial charge in [-0.2, -0.15) is 4.98 Å². The van der Waals surface area contributed by atoms with Crippen LogP contribution in [0.2, 0.25) is 5.02 Å². The van der Waals surface area contributed by atoms with E-state index in [1.807, 2.05) is 0 Å². The first-order chi connectivity index (χ1) is 8.54. The summed E-state index contributed by atoms with van der Waals surface area (Å²) in [5, 5.41) is 3.84. The predicted molar refractivity (Wildman–Crippen MR) is 76.5 cm³/mol. The number of nitrogens with zero attached hydrogens (tertiary/aromatic N) is 3. The van der Waals surface area contributed by atoms with Crippen molar-refractivity contribution in [3.63, 3.8) is 0 Å². The normalized spacial score (nSPS) is 18.1. The van der Waals surface area contributed by atoms with Crippen molar-refractivity contribution in [3.05, 3.63) is 11.2 Å². The summed E-state index contributed by atoms with van der Waals surface area (Å²) in [7, 11) is 0. The van der Waals surface area contributed by atoms with Crippen LogP contribution >= 0.6 is 11.6 Å². The topological polar surface area (TPSA) is 41.1 Å². The first kappa shape index (κ1) is 13.4. The Morgan fingerprint density at radius 3 is 2.89 bits per heavy atom. The monoisotopic (exact) mass is 268 g/mol. The van der Waals surface area contributed by atoms with E-state index in [1.165, 1.54) is 12.8 Å². The van der Waals surface area contributed by atoms with Gasteiger partial charge in [0.2, 0.25) is 5.95 Å². The lowest BCUT2D eigenvalue weighted by atomic mass is 10.0.